The van der Waals surface area contributed by atoms with Gasteiger partial charge in [0.2, 0.25) is 0 Å². The quantitative estimate of drug-likeness (QED) is 0.905. The summed E-state index contributed by atoms with van der Waals surface area (Å²) in [6.45, 7) is 4.85. The molecule has 0 aromatic carbocycles. The first-order valence-electron chi connectivity index (χ1n) is 7.59. The topological polar surface area (TPSA) is 76.2 Å². The summed E-state index contributed by atoms with van der Waals surface area (Å²) in [5, 5.41) is 6.88. The van der Waals surface area contributed by atoms with E-state index in [4.69, 9.17) is 4.42 Å². The standard InChI is InChI=1S/C15H21N5O2/c1-11(14-16-10-17-19(14)2)18-15(21)13-6-5-12(22-13)9-20-7-3-4-8-20/h5-6,10-11H,3-4,7-9H2,1-2H3,(H,18,21). The highest BCUT2D eigenvalue weighted by Gasteiger charge is 2.19. The molecule has 1 aliphatic heterocycles. The van der Waals surface area contributed by atoms with Gasteiger partial charge >= 0.3 is 0 Å². The summed E-state index contributed by atoms with van der Waals surface area (Å²) in [5.41, 5.74) is 0. The summed E-state index contributed by atoms with van der Waals surface area (Å²) in [4.78, 5) is 18.7. The van der Waals surface area contributed by atoms with Gasteiger partial charge in [-0.2, -0.15) is 5.10 Å². The molecule has 1 unspecified atom stereocenters. The van der Waals surface area contributed by atoms with Crippen molar-refractivity contribution >= 4 is 5.91 Å². The molecule has 7 nitrogen and oxygen atoms in total. The maximum absolute atomic E-state index is 12.2. The minimum atomic E-state index is -0.233. The average Bonchev–Trinajstić information content (AvgIpc) is 3.20. The van der Waals surface area contributed by atoms with E-state index < -0.39 is 0 Å². The van der Waals surface area contributed by atoms with Crippen molar-refractivity contribution in [3.63, 3.8) is 0 Å². The maximum atomic E-state index is 12.2. The van der Waals surface area contributed by atoms with Crippen LogP contribution in [-0.4, -0.2) is 38.7 Å². The van der Waals surface area contributed by atoms with E-state index in [0.29, 0.717) is 11.6 Å². The highest BCUT2D eigenvalue weighted by molar-refractivity contribution is 5.91. The first-order chi connectivity index (χ1) is 10.6. The summed E-state index contributed by atoms with van der Waals surface area (Å²) >= 11 is 0. The van der Waals surface area contributed by atoms with Crippen molar-refractivity contribution in [2.45, 2.75) is 32.4 Å². The van der Waals surface area contributed by atoms with E-state index in [1.165, 1.54) is 19.2 Å². The summed E-state index contributed by atoms with van der Waals surface area (Å²) in [6, 6.07) is 3.37. The number of carbonyl (C=O) groups is 1. The van der Waals surface area contributed by atoms with Gasteiger partial charge in [0.05, 0.1) is 12.6 Å². The van der Waals surface area contributed by atoms with Crippen LogP contribution in [0.5, 0.6) is 0 Å². The molecule has 1 atom stereocenters. The van der Waals surface area contributed by atoms with Gasteiger partial charge in [-0.05, 0) is 45.0 Å². The number of hydrogen-bond acceptors (Lipinski definition) is 5. The number of aryl methyl sites for hydroxylation is 1. The van der Waals surface area contributed by atoms with E-state index >= 15 is 0 Å². The van der Waals surface area contributed by atoms with Crippen LogP contribution in [0.1, 0.15) is 47.9 Å². The zero-order valence-corrected chi connectivity index (χ0v) is 13.0. The Morgan fingerprint density at radius 3 is 2.86 bits per heavy atom. The third-order valence-corrected chi connectivity index (χ3v) is 3.94. The van der Waals surface area contributed by atoms with Gasteiger partial charge in [-0.3, -0.25) is 14.4 Å². The monoisotopic (exact) mass is 303 g/mol. The molecule has 2 aromatic heterocycles. The zero-order chi connectivity index (χ0) is 15.5. The number of nitrogens with zero attached hydrogens (tertiary/aromatic N) is 4. The Hall–Kier alpha value is -2.15. The molecule has 118 valence electrons. The van der Waals surface area contributed by atoms with Crippen molar-refractivity contribution in [1.29, 1.82) is 0 Å². The largest absolute Gasteiger partial charge is 0.455 e. The van der Waals surface area contributed by atoms with Crippen LogP contribution in [0.15, 0.2) is 22.9 Å². The highest BCUT2D eigenvalue weighted by atomic mass is 16.4. The molecule has 1 aliphatic rings. The Bertz CT molecular complexity index is 642. The molecule has 3 rings (SSSR count). The molecular weight excluding hydrogens is 282 g/mol. The van der Waals surface area contributed by atoms with Crippen molar-refractivity contribution in [1.82, 2.24) is 25.0 Å². The molecule has 0 spiro atoms. The predicted molar refractivity (Wildman–Crippen MR) is 80.1 cm³/mol. The first kappa shape index (κ1) is 14.8. The van der Waals surface area contributed by atoms with Gasteiger partial charge in [0.25, 0.3) is 5.91 Å². The van der Waals surface area contributed by atoms with Crippen LogP contribution in [0.3, 0.4) is 0 Å². The third kappa shape index (κ3) is 3.19. The lowest BCUT2D eigenvalue weighted by molar-refractivity contribution is 0.0906. The number of nitrogens with one attached hydrogen (secondary N) is 1. The predicted octanol–water partition coefficient (Wildman–Crippen LogP) is 1.49. The second-order valence-corrected chi connectivity index (χ2v) is 5.69. The molecule has 1 saturated heterocycles. The number of likely N-dealkylation sites (tertiary alicyclic amines) is 1. The third-order valence-electron chi connectivity index (χ3n) is 3.94. The van der Waals surface area contributed by atoms with E-state index in [1.807, 2.05) is 13.0 Å². The van der Waals surface area contributed by atoms with Gasteiger partial charge in [0, 0.05) is 7.05 Å². The Morgan fingerprint density at radius 1 is 1.41 bits per heavy atom. The fourth-order valence-electron chi connectivity index (χ4n) is 2.78. The number of carbonyl (C=O) groups excluding carboxylic acids is 1. The first-order valence-corrected chi connectivity index (χ1v) is 7.59. The summed E-state index contributed by atoms with van der Waals surface area (Å²) < 4.78 is 7.30. The molecule has 0 saturated carbocycles. The molecule has 3 heterocycles. The molecule has 0 aliphatic carbocycles. The lowest BCUT2D eigenvalue weighted by atomic mass is 10.3. The van der Waals surface area contributed by atoms with Gasteiger partial charge in [0.1, 0.15) is 17.9 Å². The Balaban J connectivity index is 1.60. The molecule has 22 heavy (non-hydrogen) atoms. The number of rotatable bonds is 5. The highest BCUT2D eigenvalue weighted by Crippen LogP contribution is 2.16. The van der Waals surface area contributed by atoms with Crippen LogP contribution >= 0.6 is 0 Å². The summed E-state index contributed by atoms with van der Waals surface area (Å²) in [7, 11) is 1.80. The molecule has 7 heteroatoms. The van der Waals surface area contributed by atoms with Crippen LogP contribution in [0.25, 0.3) is 0 Å². The molecular formula is C15H21N5O2. The van der Waals surface area contributed by atoms with E-state index in [-0.39, 0.29) is 11.9 Å². The second-order valence-electron chi connectivity index (χ2n) is 5.69. The number of hydrogen-bond donors (Lipinski definition) is 1. The van der Waals surface area contributed by atoms with Gasteiger partial charge in [-0.1, -0.05) is 0 Å². The average molecular weight is 303 g/mol. The van der Waals surface area contributed by atoms with Crippen LogP contribution < -0.4 is 5.32 Å². The molecule has 2 aromatic rings. The molecule has 1 fully saturated rings. The number of furan rings is 1. The van der Waals surface area contributed by atoms with Crippen molar-refractivity contribution in [3.05, 3.63) is 35.8 Å². The van der Waals surface area contributed by atoms with Crippen LogP contribution in [0.4, 0.5) is 0 Å². The number of aromatic nitrogens is 3. The van der Waals surface area contributed by atoms with Crippen LogP contribution in [0.2, 0.25) is 0 Å². The van der Waals surface area contributed by atoms with Crippen LogP contribution in [-0.2, 0) is 13.6 Å². The Kier molecular flexibility index (Phi) is 4.24. The molecule has 1 N–H and O–H groups in total. The van der Waals surface area contributed by atoms with Crippen molar-refractivity contribution in [2.24, 2.45) is 7.05 Å². The maximum Gasteiger partial charge on any atom is 0.287 e. The normalized spacial score (nSPS) is 16.8. The van der Waals surface area contributed by atoms with Gasteiger partial charge in [0.15, 0.2) is 5.76 Å². The number of amides is 1. The van der Waals surface area contributed by atoms with Gasteiger partial charge in [-0.15, -0.1) is 0 Å². The van der Waals surface area contributed by atoms with Crippen LogP contribution in [0, 0.1) is 0 Å². The minimum absolute atomic E-state index is 0.230. The molecule has 1 amide bonds. The van der Waals surface area contributed by atoms with E-state index in [2.05, 4.69) is 20.3 Å². The lowest BCUT2D eigenvalue weighted by Crippen LogP contribution is -2.28. The zero-order valence-electron chi connectivity index (χ0n) is 13.0. The smallest absolute Gasteiger partial charge is 0.287 e. The summed E-state index contributed by atoms with van der Waals surface area (Å²) in [5.74, 6) is 1.64. The fraction of sp³-hybridized carbons (Fsp3) is 0.533. The van der Waals surface area contributed by atoms with E-state index in [9.17, 15) is 4.79 Å². The molecule has 0 radical (unpaired) electrons. The van der Waals surface area contributed by atoms with Crippen molar-refractivity contribution < 1.29 is 9.21 Å². The lowest BCUT2D eigenvalue weighted by Gasteiger charge is -2.12. The SMILES string of the molecule is CC(NC(=O)c1ccc(CN2CCCC2)o1)c1ncnn1C. The molecule has 0 bridgehead atoms. The Labute approximate surface area is 129 Å². The van der Waals surface area contributed by atoms with Gasteiger partial charge < -0.3 is 9.73 Å². The summed E-state index contributed by atoms with van der Waals surface area (Å²) in [6.07, 6.45) is 3.95. The minimum Gasteiger partial charge on any atom is -0.455 e. The van der Waals surface area contributed by atoms with Crippen molar-refractivity contribution in [2.75, 3.05) is 13.1 Å². The Morgan fingerprint density at radius 2 is 2.18 bits per heavy atom. The second kappa shape index (κ2) is 6.31. The fourth-order valence-corrected chi connectivity index (χ4v) is 2.78. The van der Waals surface area contributed by atoms with Gasteiger partial charge in [-0.25, -0.2) is 4.98 Å². The van der Waals surface area contributed by atoms with E-state index in [1.54, 1.807) is 17.8 Å². The van der Waals surface area contributed by atoms with Crippen molar-refractivity contribution in [3.8, 4) is 0 Å². The van der Waals surface area contributed by atoms with E-state index in [0.717, 1.165) is 25.4 Å².